The molecule has 0 radical (unpaired) electrons. The van der Waals surface area contributed by atoms with Crippen LogP contribution in [0.25, 0.3) is 0 Å². The summed E-state index contributed by atoms with van der Waals surface area (Å²) in [5.74, 6) is 0.168. The molecule has 1 aliphatic carbocycles. The van der Waals surface area contributed by atoms with E-state index in [1.807, 2.05) is 13.8 Å². The van der Waals surface area contributed by atoms with E-state index in [1.165, 1.54) is 10.7 Å². The minimum Gasteiger partial charge on any atom is -0.396 e. The predicted molar refractivity (Wildman–Crippen MR) is 77.0 cm³/mol. The molecule has 0 amide bonds. The van der Waals surface area contributed by atoms with Crippen LogP contribution >= 0.6 is 0 Å². The molecule has 1 unspecified atom stereocenters. The van der Waals surface area contributed by atoms with E-state index in [-0.39, 0.29) is 24.6 Å². The molecule has 0 spiro atoms. The maximum Gasteiger partial charge on any atom is 0.279 e. The van der Waals surface area contributed by atoms with Crippen molar-refractivity contribution < 1.29 is 13.5 Å². The van der Waals surface area contributed by atoms with Crippen LogP contribution in [0.2, 0.25) is 0 Å². The van der Waals surface area contributed by atoms with E-state index < -0.39 is 10.2 Å². The molecule has 1 fully saturated rings. The van der Waals surface area contributed by atoms with Gasteiger partial charge in [-0.15, -0.1) is 0 Å². The van der Waals surface area contributed by atoms with E-state index >= 15 is 0 Å². The zero-order chi connectivity index (χ0) is 14.5. The van der Waals surface area contributed by atoms with Crippen molar-refractivity contribution in [1.29, 1.82) is 0 Å². The van der Waals surface area contributed by atoms with Crippen LogP contribution in [0.4, 0.5) is 0 Å². The van der Waals surface area contributed by atoms with Gasteiger partial charge in [0.05, 0.1) is 0 Å². The lowest BCUT2D eigenvalue weighted by Gasteiger charge is -2.32. The number of aliphatic hydroxyl groups is 1. The number of hydrogen-bond donors (Lipinski definition) is 2. The van der Waals surface area contributed by atoms with Gasteiger partial charge >= 0.3 is 0 Å². The Bertz CT molecular complexity index is 351. The van der Waals surface area contributed by atoms with Gasteiger partial charge in [-0.2, -0.15) is 17.4 Å². The monoisotopic (exact) mass is 292 g/mol. The topological polar surface area (TPSA) is 69.6 Å². The van der Waals surface area contributed by atoms with Crippen LogP contribution in [0.1, 0.15) is 52.4 Å². The van der Waals surface area contributed by atoms with E-state index in [4.69, 9.17) is 5.11 Å². The van der Waals surface area contributed by atoms with Crippen molar-refractivity contribution in [2.75, 3.05) is 13.7 Å². The van der Waals surface area contributed by atoms with Gasteiger partial charge in [-0.05, 0) is 25.2 Å². The summed E-state index contributed by atoms with van der Waals surface area (Å²) in [6.45, 7) is 3.92. The van der Waals surface area contributed by atoms with Gasteiger partial charge < -0.3 is 5.11 Å². The SMILES string of the molecule is CC(C)C(CCO)NS(=O)(=O)N(C)C1CCCCC1. The Hall–Kier alpha value is -0.170. The zero-order valence-corrected chi connectivity index (χ0v) is 13.1. The third-order valence-corrected chi connectivity index (χ3v) is 5.67. The van der Waals surface area contributed by atoms with Crippen LogP contribution in [0, 0.1) is 5.92 Å². The Kier molecular flexibility index (Phi) is 6.73. The normalized spacial score (nSPS) is 20.1. The maximum absolute atomic E-state index is 12.4. The minimum absolute atomic E-state index is 0.00148. The smallest absolute Gasteiger partial charge is 0.279 e. The van der Waals surface area contributed by atoms with Crippen molar-refractivity contribution in [3.05, 3.63) is 0 Å². The lowest BCUT2D eigenvalue weighted by molar-refractivity contribution is 0.248. The highest BCUT2D eigenvalue weighted by Crippen LogP contribution is 2.23. The fourth-order valence-corrected chi connectivity index (χ4v) is 4.12. The van der Waals surface area contributed by atoms with Gasteiger partial charge in [0.1, 0.15) is 0 Å². The summed E-state index contributed by atoms with van der Waals surface area (Å²) in [5.41, 5.74) is 0. The minimum atomic E-state index is -3.45. The van der Waals surface area contributed by atoms with Crippen LogP contribution in [0.15, 0.2) is 0 Å². The van der Waals surface area contributed by atoms with E-state index in [2.05, 4.69) is 4.72 Å². The number of aliphatic hydroxyl groups excluding tert-OH is 1. The average molecular weight is 292 g/mol. The second kappa shape index (κ2) is 7.57. The summed E-state index contributed by atoms with van der Waals surface area (Å²) in [5, 5.41) is 9.02. The summed E-state index contributed by atoms with van der Waals surface area (Å²) in [6, 6.07) is -0.0887. The first kappa shape index (κ1) is 16.9. The molecule has 1 saturated carbocycles. The molecule has 0 aromatic heterocycles. The molecular weight excluding hydrogens is 264 g/mol. The van der Waals surface area contributed by atoms with Gasteiger partial charge in [0.2, 0.25) is 0 Å². The van der Waals surface area contributed by atoms with Crippen LogP contribution in [0.5, 0.6) is 0 Å². The Labute approximate surface area is 117 Å². The maximum atomic E-state index is 12.4. The summed E-state index contributed by atoms with van der Waals surface area (Å²) < 4.78 is 28.9. The molecule has 1 atom stereocenters. The highest BCUT2D eigenvalue weighted by Gasteiger charge is 2.30. The second-order valence-corrected chi connectivity index (χ2v) is 7.56. The van der Waals surface area contributed by atoms with Crippen molar-refractivity contribution in [3.8, 4) is 0 Å². The predicted octanol–water partition coefficient (Wildman–Crippen LogP) is 1.49. The molecule has 0 aliphatic heterocycles. The van der Waals surface area contributed by atoms with Crippen molar-refractivity contribution in [2.24, 2.45) is 5.92 Å². The zero-order valence-electron chi connectivity index (χ0n) is 12.3. The Balaban J connectivity index is 2.67. The van der Waals surface area contributed by atoms with Crippen LogP contribution in [-0.2, 0) is 10.2 Å². The number of hydrogen-bond acceptors (Lipinski definition) is 3. The standard InChI is InChI=1S/C13H28N2O3S/c1-11(2)13(9-10-16)14-19(17,18)15(3)12-7-5-4-6-8-12/h11-14,16H,4-10H2,1-3H3. The third-order valence-electron chi connectivity index (χ3n) is 4.01. The van der Waals surface area contributed by atoms with Gasteiger partial charge in [0.25, 0.3) is 10.2 Å². The molecule has 0 bridgehead atoms. The fourth-order valence-electron chi connectivity index (χ4n) is 2.58. The Morgan fingerprint density at radius 2 is 1.84 bits per heavy atom. The van der Waals surface area contributed by atoms with Crippen LogP contribution in [-0.4, -0.2) is 43.6 Å². The van der Waals surface area contributed by atoms with Gasteiger partial charge in [-0.1, -0.05) is 33.1 Å². The first-order chi connectivity index (χ1) is 8.88. The first-order valence-corrected chi connectivity index (χ1v) is 8.68. The lowest BCUT2D eigenvalue weighted by atomic mass is 9.96. The molecule has 0 saturated heterocycles. The molecule has 0 aromatic rings. The lowest BCUT2D eigenvalue weighted by Crippen LogP contribution is -2.49. The molecule has 6 heteroatoms. The molecule has 0 heterocycles. The third kappa shape index (κ3) is 5.02. The van der Waals surface area contributed by atoms with E-state index in [0.717, 1.165) is 25.7 Å². The Morgan fingerprint density at radius 1 is 1.26 bits per heavy atom. The summed E-state index contributed by atoms with van der Waals surface area (Å²) in [4.78, 5) is 0. The largest absolute Gasteiger partial charge is 0.396 e. The highest BCUT2D eigenvalue weighted by molar-refractivity contribution is 7.87. The van der Waals surface area contributed by atoms with Gasteiger partial charge in [0.15, 0.2) is 0 Å². The summed E-state index contributed by atoms with van der Waals surface area (Å²) in [7, 11) is -1.79. The van der Waals surface area contributed by atoms with Crippen LogP contribution in [0.3, 0.4) is 0 Å². The van der Waals surface area contributed by atoms with E-state index in [1.54, 1.807) is 7.05 Å². The molecule has 2 N–H and O–H groups in total. The highest BCUT2D eigenvalue weighted by atomic mass is 32.2. The average Bonchev–Trinajstić information content (AvgIpc) is 2.38. The Morgan fingerprint density at radius 3 is 2.32 bits per heavy atom. The molecule has 114 valence electrons. The molecular formula is C13H28N2O3S. The number of nitrogens with zero attached hydrogens (tertiary/aromatic N) is 1. The van der Waals surface area contributed by atoms with Gasteiger partial charge in [-0.25, -0.2) is 0 Å². The summed E-state index contributed by atoms with van der Waals surface area (Å²) in [6.07, 6.45) is 5.77. The second-order valence-electron chi connectivity index (χ2n) is 5.79. The molecule has 1 aliphatic rings. The molecule has 19 heavy (non-hydrogen) atoms. The van der Waals surface area contributed by atoms with Crippen molar-refractivity contribution >= 4 is 10.2 Å². The molecule has 5 nitrogen and oxygen atoms in total. The van der Waals surface area contributed by atoms with Gasteiger partial charge in [0, 0.05) is 25.7 Å². The molecule has 0 aromatic carbocycles. The first-order valence-electron chi connectivity index (χ1n) is 7.24. The number of rotatable bonds is 7. The van der Waals surface area contributed by atoms with E-state index in [0.29, 0.717) is 6.42 Å². The van der Waals surface area contributed by atoms with Crippen molar-refractivity contribution in [1.82, 2.24) is 9.03 Å². The van der Waals surface area contributed by atoms with Crippen molar-refractivity contribution in [3.63, 3.8) is 0 Å². The summed E-state index contributed by atoms with van der Waals surface area (Å²) >= 11 is 0. The van der Waals surface area contributed by atoms with Crippen molar-refractivity contribution in [2.45, 2.75) is 64.5 Å². The fraction of sp³-hybridized carbons (Fsp3) is 1.00. The quantitative estimate of drug-likeness (QED) is 0.747. The molecule has 1 rings (SSSR count). The van der Waals surface area contributed by atoms with Gasteiger partial charge in [-0.3, -0.25) is 0 Å². The van der Waals surface area contributed by atoms with E-state index in [9.17, 15) is 8.42 Å². The van der Waals surface area contributed by atoms with Crippen LogP contribution < -0.4 is 4.72 Å². The number of nitrogens with one attached hydrogen (secondary N) is 1.